The van der Waals surface area contributed by atoms with E-state index in [2.05, 4.69) is 11.0 Å². The van der Waals surface area contributed by atoms with E-state index in [0.29, 0.717) is 5.78 Å². The molecule has 3 aliphatic rings. The lowest BCUT2D eigenvalue weighted by Gasteiger charge is -2.44. The molecule has 1 saturated heterocycles. The van der Waals surface area contributed by atoms with Gasteiger partial charge in [-0.1, -0.05) is 19.3 Å². The normalized spacial score (nSPS) is 24.3. The van der Waals surface area contributed by atoms with Crippen molar-refractivity contribution < 1.29 is 9.53 Å². The lowest BCUT2D eigenvalue weighted by Crippen LogP contribution is -2.47. The first kappa shape index (κ1) is 17.1. The molecule has 3 heteroatoms. The Morgan fingerprint density at radius 1 is 1.12 bits per heavy atom. The predicted molar refractivity (Wildman–Crippen MR) is 100 cm³/mol. The number of piperidine rings is 1. The number of benzene rings is 1. The molecule has 2 fully saturated rings. The number of hydrogen-bond donors (Lipinski definition) is 0. The van der Waals surface area contributed by atoms with Crippen LogP contribution in [-0.4, -0.2) is 37.4 Å². The highest BCUT2D eigenvalue weighted by atomic mass is 16.5. The summed E-state index contributed by atoms with van der Waals surface area (Å²) in [6.45, 7) is 3.47. The molecule has 0 N–H and O–H groups in total. The summed E-state index contributed by atoms with van der Waals surface area (Å²) in [6, 6.07) is 5.98. The molecule has 1 saturated carbocycles. The van der Waals surface area contributed by atoms with E-state index in [1.54, 1.807) is 7.11 Å². The van der Waals surface area contributed by atoms with Crippen LogP contribution in [0.2, 0.25) is 0 Å². The number of likely N-dealkylation sites (tertiary alicyclic amines) is 1. The highest BCUT2D eigenvalue weighted by molar-refractivity contribution is 6.03. The van der Waals surface area contributed by atoms with Gasteiger partial charge in [0.2, 0.25) is 0 Å². The van der Waals surface area contributed by atoms with E-state index in [0.717, 1.165) is 56.0 Å². The maximum atomic E-state index is 13.2. The zero-order valence-corrected chi connectivity index (χ0v) is 15.6. The number of carbonyl (C=O) groups excluding carboxylic acids is 1. The number of nitrogens with zero attached hydrogens (tertiary/aromatic N) is 1. The third-order valence-corrected chi connectivity index (χ3v) is 6.97. The molecule has 0 bridgehead atoms. The van der Waals surface area contributed by atoms with Crippen molar-refractivity contribution in [3.05, 3.63) is 29.3 Å². The molecule has 3 nitrogen and oxygen atoms in total. The Labute approximate surface area is 151 Å². The summed E-state index contributed by atoms with van der Waals surface area (Å²) in [7, 11) is 1.69. The molecule has 1 spiro atoms. The molecular weight excluding hydrogens is 310 g/mol. The quantitative estimate of drug-likeness (QED) is 0.811. The van der Waals surface area contributed by atoms with Crippen LogP contribution in [0.15, 0.2) is 18.2 Å². The van der Waals surface area contributed by atoms with Crippen LogP contribution in [0.4, 0.5) is 0 Å². The van der Waals surface area contributed by atoms with Crippen molar-refractivity contribution in [1.82, 2.24) is 4.90 Å². The van der Waals surface area contributed by atoms with Gasteiger partial charge in [0, 0.05) is 17.5 Å². The van der Waals surface area contributed by atoms with Crippen molar-refractivity contribution in [2.45, 2.75) is 57.8 Å². The maximum Gasteiger partial charge on any atom is 0.169 e. The monoisotopic (exact) mass is 341 g/mol. The second-order valence-electron chi connectivity index (χ2n) is 8.44. The fourth-order valence-corrected chi connectivity index (χ4v) is 5.27. The second-order valence-corrected chi connectivity index (χ2v) is 8.44. The molecule has 1 aromatic carbocycles. The summed E-state index contributed by atoms with van der Waals surface area (Å²) in [6.07, 6.45) is 11.2. The summed E-state index contributed by atoms with van der Waals surface area (Å²) < 4.78 is 5.32. The van der Waals surface area contributed by atoms with Gasteiger partial charge >= 0.3 is 0 Å². The van der Waals surface area contributed by atoms with Gasteiger partial charge in [-0.05, 0) is 81.3 Å². The third kappa shape index (κ3) is 3.36. The van der Waals surface area contributed by atoms with E-state index in [-0.39, 0.29) is 5.41 Å². The minimum Gasteiger partial charge on any atom is -0.497 e. The predicted octanol–water partition coefficient (Wildman–Crippen LogP) is 4.49. The average molecular weight is 341 g/mol. The van der Waals surface area contributed by atoms with Crippen LogP contribution in [0.25, 0.3) is 0 Å². The number of methoxy groups -OCH3 is 1. The smallest absolute Gasteiger partial charge is 0.169 e. The molecule has 0 radical (unpaired) electrons. The molecule has 25 heavy (non-hydrogen) atoms. The van der Waals surface area contributed by atoms with Crippen molar-refractivity contribution in [2.24, 2.45) is 11.3 Å². The van der Waals surface area contributed by atoms with Gasteiger partial charge in [-0.3, -0.25) is 4.79 Å². The van der Waals surface area contributed by atoms with Crippen molar-refractivity contribution in [3.63, 3.8) is 0 Å². The number of Topliss-reactive ketones (excluding diaryl/α,β-unsaturated/α-hetero) is 1. The number of hydrogen-bond acceptors (Lipinski definition) is 3. The number of rotatable bonds is 3. The third-order valence-electron chi connectivity index (χ3n) is 6.97. The van der Waals surface area contributed by atoms with Gasteiger partial charge in [0.25, 0.3) is 0 Å². The van der Waals surface area contributed by atoms with Gasteiger partial charge in [-0.15, -0.1) is 0 Å². The summed E-state index contributed by atoms with van der Waals surface area (Å²) in [5.41, 5.74) is 2.04. The van der Waals surface area contributed by atoms with Gasteiger partial charge < -0.3 is 9.64 Å². The van der Waals surface area contributed by atoms with E-state index in [1.165, 1.54) is 44.2 Å². The van der Waals surface area contributed by atoms with Crippen LogP contribution >= 0.6 is 0 Å². The number of ether oxygens (including phenoxy) is 1. The summed E-state index contributed by atoms with van der Waals surface area (Å²) in [4.78, 5) is 15.9. The van der Waals surface area contributed by atoms with E-state index in [9.17, 15) is 4.79 Å². The van der Waals surface area contributed by atoms with Crippen molar-refractivity contribution >= 4 is 5.78 Å². The van der Waals surface area contributed by atoms with Gasteiger partial charge in [0.05, 0.1) is 7.11 Å². The molecule has 136 valence electrons. The number of carbonyl (C=O) groups is 1. The van der Waals surface area contributed by atoms with Crippen LogP contribution in [0.5, 0.6) is 5.75 Å². The molecule has 0 atom stereocenters. The molecule has 1 heterocycles. The van der Waals surface area contributed by atoms with Crippen LogP contribution in [-0.2, 0) is 6.42 Å². The van der Waals surface area contributed by atoms with E-state index in [1.807, 2.05) is 12.1 Å². The van der Waals surface area contributed by atoms with E-state index >= 15 is 0 Å². The first-order chi connectivity index (χ1) is 12.2. The SMILES string of the molecule is COc1ccc2c(c1)CCC1(CCN(CC3CCCCC3)CC1)C2=O. The van der Waals surface area contributed by atoms with E-state index in [4.69, 9.17) is 4.74 Å². The molecule has 0 unspecified atom stereocenters. The van der Waals surface area contributed by atoms with Crippen molar-refractivity contribution in [2.75, 3.05) is 26.7 Å². The highest BCUT2D eigenvalue weighted by Gasteiger charge is 2.44. The molecule has 2 aliphatic carbocycles. The lowest BCUT2D eigenvalue weighted by atomic mass is 9.65. The second kappa shape index (κ2) is 7.11. The maximum absolute atomic E-state index is 13.2. The Balaban J connectivity index is 1.41. The molecular formula is C22H31NO2. The highest BCUT2D eigenvalue weighted by Crippen LogP contribution is 2.44. The lowest BCUT2D eigenvalue weighted by molar-refractivity contribution is 0.0500. The van der Waals surface area contributed by atoms with Crippen LogP contribution < -0.4 is 4.74 Å². The summed E-state index contributed by atoms with van der Waals surface area (Å²) in [5.74, 6) is 2.16. The zero-order chi connectivity index (χ0) is 17.3. The first-order valence-corrected chi connectivity index (χ1v) is 10.1. The molecule has 0 amide bonds. The Morgan fingerprint density at radius 2 is 1.88 bits per heavy atom. The minimum atomic E-state index is -0.0926. The molecule has 4 rings (SSSR count). The van der Waals surface area contributed by atoms with E-state index < -0.39 is 0 Å². The summed E-state index contributed by atoms with van der Waals surface area (Å²) in [5, 5.41) is 0. The van der Waals surface area contributed by atoms with Gasteiger partial charge in [0.1, 0.15) is 5.75 Å². The fourth-order valence-electron chi connectivity index (χ4n) is 5.27. The Bertz CT molecular complexity index is 625. The van der Waals surface area contributed by atoms with Gasteiger partial charge in [0.15, 0.2) is 5.78 Å². The zero-order valence-electron chi connectivity index (χ0n) is 15.6. The van der Waals surface area contributed by atoms with Gasteiger partial charge in [-0.25, -0.2) is 0 Å². The molecule has 0 aromatic heterocycles. The summed E-state index contributed by atoms with van der Waals surface area (Å²) >= 11 is 0. The number of fused-ring (bicyclic) bond motifs is 1. The number of aryl methyl sites for hydroxylation is 1. The largest absolute Gasteiger partial charge is 0.497 e. The number of ketones is 1. The van der Waals surface area contributed by atoms with Crippen molar-refractivity contribution in [3.8, 4) is 5.75 Å². The van der Waals surface area contributed by atoms with Crippen LogP contribution in [0, 0.1) is 11.3 Å². The van der Waals surface area contributed by atoms with Crippen molar-refractivity contribution in [1.29, 1.82) is 0 Å². The Hall–Kier alpha value is -1.35. The van der Waals surface area contributed by atoms with Crippen LogP contribution in [0.1, 0.15) is 67.3 Å². The average Bonchev–Trinajstić information content (AvgIpc) is 2.67. The topological polar surface area (TPSA) is 29.5 Å². The Morgan fingerprint density at radius 3 is 2.60 bits per heavy atom. The standard InChI is InChI=1S/C22H31NO2/c1-25-19-7-8-20-18(15-19)9-10-22(21(20)24)11-13-23(14-12-22)16-17-5-3-2-4-6-17/h7-8,15,17H,2-6,9-14,16H2,1H3. The fraction of sp³-hybridized carbons (Fsp3) is 0.682. The molecule has 1 aliphatic heterocycles. The van der Waals surface area contributed by atoms with Gasteiger partial charge in [-0.2, -0.15) is 0 Å². The minimum absolute atomic E-state index is 0.0926. The molecule has 1 aromatic rings. The van der Waals surface area contributed by atoms with Crippen LogP contribution in [0.3, 0.4) is 0 Å². The Kier molecular flexibility index (Phi) is 4.86. The first-order valence-electron chi connectivity index (χ1n) is 10.1.